The minimum atomic E-state index is -0.203. The number of hydrogen-bond donors (Lipinski definition) is 3. The van der Waals surface area contributed by atoms with Crippen molar-refractivity contribution in [3.8, 4) is 11.5 Å². The first-order valence-electron chi connectivity index (χ1n) is 8.25. The molecule has 2 saturated heterocycles. The van der Waals surface area contributed by atoms with E-state index < -0.39 is 0 Å². The van der Waals surface area contributed by atoms with Crippen LogP contribution in [0.15, 0.2) is 18.2 Å². The third kappa shape index (κ3) is 3.63. The van der Waals surface area contributed by atoms with Gasteiger partial charge in [0.05, 0.1) is 19.8 Å². The van der Waals surface area contributed by atoms with Crippen molar-refractivity contribution in [3.63, 3.8) is 0 Å². The van der Waals surface area contributed by atoms with E-state index in [0.29, 0.717) is 30.4 Å². The lowest BCUT2D eigenvalue weighted by molar-refractivity contribution is -0.0566. The van der Waals surface area contributed by atoms with Gasteiger partial charge in [-0.25, -0.2) is 0 Å². The lowest BCUT2D eigenvalue weighted by Gasteiger charge is -2.34. The van der Waals surface area contributed by atoms with Gasteiger partial charge in [0, 0.05) is 37.3 Å². The molecular formula is C17H24N2O5. The maximum Gasteiger partial charge on any atom is 0.251 e. The van der Waals surface area contributed by atoms with Gasteiger partial charge in [0.2, 0.25) is 0 Å². The zero-order chi connectivity index (χ0) is 17.1. The van der Waals surface area contributed by atoms with E-state index in [1.807, 2.05) is 0 Å². The Hall–Kier alpha value is -1.83. The number of rotatable bonds is 5. The first-order chi connectivity index (χ1) is 11.6. The standard InChI is InChI=1S/C17H24N2O5/c1-23-16-3-2-11(6-15(16)21)17(22)18-12-7-13-10-24-14(4-5-20)9-19(13)8-12/h2-3,6,12-14,20-21H,4-5,7-10H2,1H3,(H,18,22)/t12-,13-,14-/m0/s1. The van der Waals surface area contributed by atoms with Crippen molar-refractivity contribution in [2.45, 2.75) is 31.0 Å². The fourth-order valence-corrected chi connectivity index (χ4v) is 3.47. The lowest BCUT2D eigenvalue weighted by Crippen LogP contribution is -2.46. The summed E-state index contributed by atoms with van der Waals surface area (Å²) in [4.78, 5) is 14.7. The van der Waals surface area contributed by atoms with Crippen LogP contribution < -0.4 is 10.1 Å². The number of fused-ring (bicyclic) bond motifs is 1. The Morgan fingerprint density at radius 2 is 2.29 bits per heavy atom. The third-order valence-electron chi connectivity index (χ3n) is 4.72. The van der Waals surface area contributed by atoms with Crippen molar-refractivity contribution in [2.75, 3.05) is 33.4 Å². The second-order valence-corrected chi connectivity index (χ2v) is 6.37. The highest BCUT2D eigenvalue weighted by atomic mass is 16.5. The molecule has 2 aliphatic heterocycles. The highest BCUT2D eigenvalue weighted by Gasteiger charge is 2.37. The summed E-state index contributed by atoms with van der Waals surface area (Å²) in [7, 11) is 1.47. The quantitative estimate of drug-likeness (QED) is 0.719. The maximum atomic E-state index is 12.4. The number of carbonyl (C=O) groups is 1. The van der Waals surface area contributed by atoms with Crippen LogP contribution in [0.1, 0.15) is 23.2 Å². The zero-order valence-corrected chi connectivity index (χ0v) is 13.8. The van der Waals surface area contributed by atoms with Crippen LogP contribution in [0.25, 0.3) is 0 Å². The molecule has 0 aromatic heterocycles. The van der Waals surface area contributed by atoms with Crippen molar-refractivity contribution in [2.24, 2.45) is 0 Å². The number of phenols is 1. The molecule has 0 unspecified atom stereocenters. The van der Waals surface area contributed by atoms with Crippen LogP contribution in [0.4, 0.5) is 0 Å². The molecule has 0 spiro atoms. The number of nitrogens with zero attached hydrogens (tertiary/aromatic N) is 1. The minimum Gasteiger partial charge on any atom is -0.504 e. The number of nitrogens with one attached hydrogen (secondary N) is 1. The Morgan fingerprint density at radius 1 is 1.46 bits per heavy atom. The highest BCUT2D eigenvalue weighted by molar-refractivity contribution is 5.95. The van der Waals surface area contributed by atoms with Crippen molar-refractivity contribution >= 4 is 5.91 Å². The summed E-state index contributed by atoms with van der Waals surface area (Å²) >= 11 is 0. The number of ether oxygens (including phenoxy) is 2. The van der Waals surface area contributed by atoms with Gasteiger partial charge < -0.3 is 25.0 Å². The molecule has 3 N–H and O–H groups in total. The Morgan fingerprint density at radius 3 is 3.00 bits per heavy atom. The molecular weight excluding hydrogens is 312 g/mol. The molecule has 1 aromatic rings. The Bertz CT molecular complexity index is 594. The molecule has 2 heterocycles. The summed E-state index contributed by atoms with van der Waals surface area (Å²) < 4.78 is 10.7. The zero-order valence-electron chi connectivity index (χ0n) is 13.8. The first-order valence-corrected chi connectivity index (χ1v) is 8.25. The van der Waals surface area contributed by atoms with Gasteiger partial charge >= 0.3 is 0 Å². The van der Waals surface area contributed by atoms with Gasteiger partial charge in [-0.3, -0.25) is 9.69 Å². The predicted octanol–water partition coefficient (Wildman–Crippen LogP) is 0.355. The number of methoxy groups -OCH3 is 1. The van der Waals surface area contributed by atoms with E-state index in [1.54, 1.807) is 12.1 Å². The molecule has 3 rings (SSSR count). The fraction of sp³-hybridized carbons (Fsp3) is 0.588. The largest absolute Gasteiger partial charge is 0.504 e. The topological polar surface area (TPSA) is 91.3 Å². The van der Waals surface area contributed by atoms with Gasteiger partial charge in [0.25, 0.3) is 5.91 Å². The molecule has 1 aromatic carbocycles. The third-order valence-corrected chi connectivity index (χ3v) is 4.72. The smallest absolute Gasteiger partial charge is 0.251 e. The van der Waals surface area contributed by atoms with Gasteiger partial charge in [-0.15, -0.1) is 0 Å². The maximum absolute atomic E-state index is 12.4. The van der Waals surface area contributed by atoms with E-state index in [9.17, 15) is 9.90 Å². The summed E-state index contributed by atoms with van der Waals surface area (Å²) in [5.41, 5.74) is 0.410. The van der Waals surface area contributed by atoms with E-state index in [4.69, 9.17) is 14.6 Å². The van der Waals surface area contributed by atoms with Crippen LogP contribution in [0.2, 0.25) is 0 Å². The number of carbonyl (C=O) groups excluding carboxylic acids is 1. The number of aliphatic hydroxyl groups excluding tert-OH is 1. The van der Waals surface area contributed by atoms with Gasteiger partial charge in [-0.2, -0.15) is 0 Å². The van der Waals surface area contributed by atoms with Crippen molar-refractivity contribution in [3.05, 3.63) is 23.8 Å². The normalized spacial score (nSPS) is 26.8. The monoisotopic (exact) mass is 336 g/mol. The van der Waals surface area contributed by atoms with Crippen molar-refractivity contribution < 1.29 is 24.5 Å². The Balaban J connectivity index is 1.57. The van der Waals surface area contributed by atoms with Crippen molar-refractivity contribution in [1.29, 1.82) is 0 Å². The molecule has 1 amide bonds. The van der Waals surface area contributed by atoms with E-state index in [1.165, 1.54) is 13.2 Å². The van der Waals surface area contributed by atoms with Crippen molar-refractivity contribution in [1.82, 2.24) is 10.2 Å². The SMILES string of the molecule is COc1ccc(C(=O)N[C@H]2C[C@H]3CO[C@@H](CCO)CN3C2)cc1O. The van der Waals surface area contributed by atoms with Crippen LogP contribution in [0.3, 0.4) is 0 Å². The summed E-state index contributed by atoms with van der Waals surface area (Å²) in [5.74, 6) is 0.0940. The van der Waals surface area contributed by atoms with E-state index in [0.717, 1.165) is 19.5 Å². The van der Waals surface area contributed by atoms with Crippen LogP contribution in [-0.4, -0.2) is 72.6 Å². The number of benzene rings is 1. The van der Waals surface area contributed by atoms with Gasteiger partial charge in [0.15, 0.2) is 11.5 Å². The number of amides is 1. The second kappa shape index (κ2) is 7.38. The Kier molecular flexibility index (Phi) is 5.23. The molecule has 2 aliphatic rings. The lowest BCUT2D eigenvalue weighted by atomic mass is 10.1. The van der Waals surface area contributed by atoms with Gasteiger partial charge in [-0.05, 0) is 31.0 Å². The molecule has 0 bridgehead atoms. The number of hydrogen-bond acceptors (Lipinski definition) is 6. The molecule has 0 saturated carbocycles. The highest BCUT2D eigenvalue weighted by Crippen LogP contribution is 2.27. The van der Waals surface area contributed by atoms with E-state index >= 15 is 0 Å². The van der Waals surface area contributed by atoms with E-state index in [2.05, 4.69) is 10.2 Å². The summed E-state index contributed by atoms with van der Waals surface area (Å²) in [6, 6.07) is 5.00. The number of morpholine rings is 1. The number of phenolic OH excluding ortho intramolecular Hbond substituents is 1. The molecule has 2 fully saturated rings. The van der Waals surface area contributed by atoms with Gasteiger partial charge in [0.1, 0.15) is 0 Å². The molecule has 3 atom stereocenters. The fourth-order valence-electron chi connectivity index (χ4n) is 3.47. The van der Waals surface area contributed by atoms with Crippen LogP contribution in [-0.2, 0) is 4.74 Å². The summed E-state index contributed by atoms with van der Waals surface area (Å²) in [6.45, 7) is 2.34. The second-order valence-electron chi connectivity index (χ2n) is 6.37. The van der Waals surface area contributed by atoms with Crippen LogP contribution in [0, 0.1) is 0 Å². The van der Waals surface area contributed by atoms with Gasteiger partial charge in [-0.1, -0.05) is 0 Å². The van der Waals surface area contributed by atoms with Crippen LogP contribution >= 0.6 is 0 Å². The average Bonchev–Trinajstić information content (AvgIpc) is 2.96. The average molecular weight is 336 g/mol. The molecule has 7 heteroatoms. The molecule has 7 nitrogen and oxygen atoms in total. The molecule has 132 valence electrons. The predicted molar refractivity (Wildman–Crippen MR) is 87.3 cm³/mol. The van der Waals surface area contributed by atoms with E-state index in [-0.39, 0.29) is 30.4 Å². The number of aromatic hydroxyl groups is 1. The Labute approximate surface area is 141 Å². The minimum absolute atomic E-state index is 0.0470. The van der Waals surface area contributed by atoms with Crippen LogP contribution in [0.5, 0.6) is 11.5 Å². The summed E-state index contributed by atoms with van der Waals surface area (Å²) in [5, 5.41) is 21.9. The molecule has 0 aliphatic carbocycles. The first kappa shape index (κ1) is 17.0. The molecule has 24 heavy (non-hydrogen) atoms. The number of aliphatic hydroxyl groups is 1. The summed E-state index contributed by atoms with van der Waals surface area (Å²) in [6.07, 6.45) is 1.56. The molecule has 0 radical (unpaired) electrons.